The minimum absolute atomic E-state index is 0.0423. The highest BCUT2D eigenvalue weighted by molar-refractivity contribution is 9.13. The minimum atomic E-state index is -0.0423. The van der Waals surface area contributed by atoms with Gasteiger partial charge >= 0.3 is 0 Å². The van der Waals surface area contributed by atoms with Crippen molar-refractivity contribution in [1.82, 2.24) is 20.0 Å². The van der Waals surface area contributed by atoms with Gasteiger partial charge in [-0.3, -0.25) is 14.8 Å². The maximum atomic E-state index is 12.5. The highest BCUT2D eigenvalue weighted by atomic mass is 79.9. The van der Waals surface area contributed by atoms with Crippen molar-refractivity contribution in [3.05, 3.63) is 49.1 Å². The van der Waals surface area contributed by atoms with Gasteiger partial charge in [0.15, 0.2) is 5.69 Å². The molecule has 5 nitrogen and oxygen atoms in total. The Hall–Kier alpha value is -0.700. The Morgan fingerprint density at radius 1 is 1.13 bits per heavy atom. The molecule has 1 N–H and O–H groups in total. The largest absolute Gasteiger partial charge is 0.335 e. The van der Waals surface area contributed by atoms with Gasteiger partial charge in [-0.1, -0.05) is 34.1 Å². The summed E-state index contributed by atoms with van der Waals surface area (Å²) in [5.74, 6) is -0.0423. The first-order valence-corrected chi connectivity index (χ1v) is 9.58. The van der Waals surface area contributed by atoms with Gasteiger partial charge in [0, 0.05) is 37.2 Å². The number of rotatable bonds is 3. The summed E-state index contributed by atoms with van der Waals surface area (Å²) in [6.45, 7) is 4.02. The number of H-pyrrole nitrogens is 1. The van der Waals surface area contributed by atoms with Crippen LogP contribution in [0, 0.1) is 0 Å². The highest BCUT2D eigenvalue weighted by Crippen LogP contribution is 2.25. The van der Waals surface area contributed by atoms with Crippen LogP contribution >= 0.6 is 47.8 Å². The molecule has 1 aromatic carbocycles. The highest BCUT2D eigenvalue weighted by Gasteiger charge is 2.26. The minimum Gasteiger partial charge on any atom is -0.335 e. The smallest absolute Gasteiger partial charge is 0.275 e. The van der Waals surface area contributed by atoms with Crippen LogP contribution in [0.2, 0.25) is 0 Å². The fourth-order valence-corrected chi connectivity index (χ4v) is 3.61. The molecule has 8 heteroatoms. The molecule has 0 unspecified atom stereocenters. The van der Waals surface area contributed by atoms with Crippen molar-refractivity contribution < 1.29 is 4.79 Å². The zero-order valence-corrected chi connectivity index (χ0v) is 17.0. The molecule has 1 aliphatic heterocycles. The molecule has 1 saturated heterocycles. The summed E-state index contributed by atoms with van der Waals surface area (Å²) in [5, 5.41) is 6.82. The number of carbonyl (C=O) groups is 1. The van der Waals surface area contributed by atoms with Crippen molar-refractivity contribution in [2.24, 2.45) is 0 Å². The molecule has 23 heavy (non-hydrogen) atoms. The Morgan fingerprint density at radius 3 is 2.43 bits per heavy atom. The fraction of sp³-hybridized carbons (Fsp3) is 0.333. The third-order valence-corrected chi connectivity index (χ3v) is 6.53. The second-order valence-electron chi connectivity index (χ2n) is 5.36. The number of hydrogen-bond acceptors (Lipinski definition) is 3. The Bertz CT molecular complexity index is 710. The Kier molecular flexibility index (Phi) is 5.56. The molecular weight excluding hydrogens is 492 g/mol. The molecule has 0 saturated carbocycles. The fourth-order valence-electron chi connectivity index (χ4n) is 2.58. The summed E-state index contributed by atoms with van der Waals surface area (Å²) in [5.41, 5.74) is 1.70. The number of piperazine rings is 1. The molecule has 1 fully saturated rings. The third kappa shape index (κ3) is 3.87. The van der Waals surface area contributed by atoms with Crippen molar-refractivity contribution in [2.45, 2.75) is 6.54 Å². The van der Waals surface area contributed by atoms with Gasteiger partial charge in [0.1, 0.15) is 4.60 Å². The predicted molar refractivity (Wildman–Crippen MR) is 99.3 cm³/mol. The Morgan fingerprint density at radius 2 is 1.83 bits per heavy atom. The second-order valence-corrected chi connectivity index (χ2v) is 7.80. The van der Waals surface area contributed by atoms with Crippen molar-refractivity contribution in [3.63, 3.8) is 0 Å². The van der Waals surface area contributed by atoms with Crippen LogP contribution in [0.1, 0.15) is 16.1 Å². The van der Waals surface area contributed by atoms with E-state index in [9.17, 15) is 4.79 Å². The normalized spacial score (nSPS) is 15.9. The lowest BCUT2D eigenvalue weighted by Crippen LogP contribution is -2.48. The van der Waals surface area contributed by atoms with Crippen LogP contribution in [0.15, 0.2) is 37.8 Å². The first kappa shape index (κ1) is 17.1. The van der Waals surface area contributed by atoms with E-state index in [-0.39, 0.29) is 5.91 Å². The topological polar surface area (TPSA) is 52.2 Å². The third-order valence-electron chi connectivity index (χ3n) is 3.88. The predicted octanol–water partition coefficient (Wildman–Crippen LogP) is 3.66. The van der Waals surface area contributed by atoms with Crippen LogP contribution in [-0.4, -0.2) is 52.1 Å². The Balaban J connectivity index is 1.59. The first-order valence-electron chi connectivity index (χ1n) is 7.20. The van der Waals surface area contributed by atoms with Crippen molar-refractivity contribution >= 4 is 53.7 Å². The lowest BCUT2D eigenvalue weighted by Gasteiger charge is -2.34. The van der Waals surface area contributed by atoms with Gasteiger partial charge in [-0.05, 0) is 43.5 Å². The summed E-state index contributed by atoms with van der Waals surface area (Å²) in [6, 6.07) is 8.25. The van der Waals surface area contributed by atoms with Gasteiger partial charge < -0.3 is 4.90 Å². The summed E-state index contributed by atoms with van der Waals surface area (Å²) in [6.07, 6.45) is 0. The molecule has 0 radical (unpaired) electrons. The van der Waals surface area contributed by atoms with Crippen molar-refractivity contribution in [2.75, 3.05) is 26.2 Å². The molecule has 1 amide bonds. The number of hydrogen-bond donors (Lipinski definition) is 1. The van der Waals surface area contributed by atoms with E-state index in [1.54, 1.807) is 0 Å². The van der Waals surface area contributed by atoms with Crippen LogP contribution in [0.4, 0.5) is 0 Å². The standard InChI is InChI=1S/C15H15Br3N4O/c16-11-4-2-1-3-10(11)9-21-5-7-22(8-6-21)15(23)13-12(17)14(18)20-19-13/h1-4H,5-9H2,(H,19,20). The van der Waals surface area contributed by atoms with E-state index >= 15 is 0 Å². The summed E-state index contributed by atoms with van der Waals surface area (Å²) in [7, 11) is 0. The number of nitrogens with zero attached hydrogens (tertiary/aromatic N) is 3. The van der Waals surface area contributed by atoms with E-state index in [0.29, 0.717) is 27.9 Å². The van der Waals surface area contributed by atoms with Crippen LogP contribution in [0.25, 0.3) is 0 Å². The summed E-state index contributed by atoms with van der Waals surface area (Å²) >= 11 is 10.3. The molecule has 2 heterocycles. The maximum absolute atomic E-state index is 12.5. The van der Waals surface area contributed by atoms with Gasteiger partial charge in [0.2, 0.25) is 0 Å². The quantitative estimate of drug-likeness (QED) is 0.691. The van der Waals surface area contributed by atoms with Gasteiger partial charge in [-0.15, -0.1) is 0 Å². The van der Waals surface area contributed by atoms with Gasteiger partial charge in [0.25, 0.3) is 5.91 Å². The van der Waals surface area contributed by atoms with E-state index in [4.69, 9.17) is 0 Å². The number of aromatic nitrogens is 2. The number of nitrogens with one attached hydrogen (secondary N) is 1. The SMILES string of the molecule is O=C(c1n[nH]c(Br)c1Br)N1CCN(Cc2ccccc2Br)CC1. The van der Waals surface area contributed by atoms with Gasteiger partial charge in [-0.25, -0.2) is 0 Å². The van der Waals surface area contributed by atoms with E-state index < -0.39 is 0 Å². The monoisotopic (exact) mass is 504 g/mol. The molecule has 1 aliphatic rings. The van der Waals surface area contributed by atoms with Crippen molar-refractivity contribution in [3.8, 4) is 0 Å². The van der Waals surface area contributed by atoms with Crippen LogP contribution in [0.5, 0.6) is 0 Å². The number of aromatic amines is 1. The van der Waals surface area contributed by atoms with Crippen LogP contribution in [0.3, 0.4) is 0 Å². The second kappa shape index (κ2) is 7.46. The molecule has 2 aromatic rings. The zero-order chi connectivity index (χ0) is 16.4. The van der Waals surface area contributed by atoms with Crippen LogP contribution < -0.4 is 0 Å². The molecule has 1 aromatic heterocycles. The first-order chi connectivity index (χ1) is 11.1. The average Bonchev–Trinajstić information content (AvgIpc) is 2.89. The molecule has 0 aliphatic carbocycles. The summed E-state index contributed by atoms with van der Waals surface area (Å²) in [4.78, 5) is 16.7. The molecule has 122 valence electrons. The molecule has 0 bridgehead atoms. The molecule has 0 atom stereocenters. The molecule has 3 rings (SSSR count). The average molecular weight is 507 g/mol. The van der Waals surface area contributed by atoms with Crippen LogP contribution in [-0.2, 0) is 6.54 Å². The zero-order valence-electron chi connectivity index (χ0n) is 12.2. The van der Waals surface area contributed by atoms with Gasteiger partial charge in [0.05, 0.1) is 4.47 Å². The number of amides is 1. The van der Waals surface area contributed by atoms with E-state index in [0.717, 1.165) is 24.1 Å². The lowest BCUT2D eigenvalue weighted by molar-refractivity contribution is 0.0621. The maximum Gasteiger partial charge on any atom is 0.275 e. The molecular formula is C15H15Br3N4O. The van der Waals surface area contributed by atoms with Crippen molar-refractivity contribution in [1.29, 1.82) is 0 Å². The lowest BCUT2D eigenvalue weighted by atomic mass is 10.2. The van der Waals surface area contributed by atoms with E-state index in [1.165, 1.54) is 5.56 Å². The van der Waals surface area contributed by atoms with E-state index in [1.807, 2.05) is 17.0 Å². The van der Waals surface area contributed by atoms with E-state index in [2.05, 4.69) is 75.0 Å². The Labute approximate surface area is 159 Å². The molecule has 0 spiro atoms. The number of benzene rings is 1. The number of carbonyl (C=O) groups excluding carboxylic acids is 1. The number of halogens is 3. The summed E-state index contributed by atoms with van der Waals surface area (Å²) < 4.78 is 2.50. The van der Waals surface area contributed by atoms with Gasteiger partial charge in [-0.2, -0.15) is 5.10 Å².